The average molecular weight is 348 g/mol. The molecule has 3 rings (SSSR count). The van der Waals surface area contributed by atoms with Crippen LogP contribution < -0.4 is 10.5 Å². The SMILES string of the molecule is C[C@H]1Cc2ccc(F)cc2[C@H]1NCCc1ccc(S(N)(=O)=O)cc1. The molecule has 0 saturated heterocycles. The summed E-state index contributed by atoms with van der Waals surface area (Å²) in [6, 6.07) is 11.7. The van der Waals surface area contributed by atoms with Gasteiger partial charge in [0.1, 0.15) is 5.82 Å². The van der Waals surface area contributed by atoms with Gasteiger partial charge in [0.2, 0.25) is 10.0 Å². The Kier molecular flexibility index (Phi) is 4.71. The van der Waals surface area contributed by atoms with Gasteiger partial charge in [-0.3, -0.25) is 0 Å². The predicted molar refractivity (Wildman–Crippen MR) is 91.5 cm³/mol. The first-order valence-electron chi connectivity index (χ1n) is 7.98. The van der Waals surface area contributed by atoms with Crippen LogP contribution in [0.15, 0.2) is 47.4 Å². The lowest BCUT2D eigenvalue weighted by molar-refractivity contribution is 0.418. The summed E-state index contributed by atoms with van der Waals surface area (Å²) in [7, 11) is -3.65. The van der Waals surface area contributed by atoms with E-state index < -0.39 is 10.0 Å². The first-order chi connectivity index (χ1) is 11.3. The summed E-state index contributed by atoms with van der Waals surface area (Å²) in [4.78, 5) is 0.119. The fraction of sp³-hybridized carbons (Fsp3) is 0.333. The van der Waals surface area contributed by atoms with E-state index in [1.807, 2.05) is 6.07 Å². The van der Waals surface area contributed by atoms with Crippen molar-refractivity contribution in [3.05, 3.63) is 65.0 Å². The summed E-state index contributed by atoms with van der Waals surface area (Å²) in [6.07, 6.45) is 1.72. The van der Waals surface area contributed by atoms with Gasteiger partial charge in [-0.25, -0.2) is 17.9 Å². The van der Waals surface area contributed by atoms with Crippen LogP contribution in [0.3, 0.4) is 0 Å². The van der Waals surface area contributed by atoms with Gasteiger partial charge in [-0.1, -0.05) is 25.1 Å². The zero-order valence-corrected chi connectivity index (χ0v) is 14.3. The molecule has 6 heteroatoms. The Morgan fingerprint density at radius 3 is 2.58 bits per heavy atom. The number of rotatable bonds is 5. The smallest absolute Gasteiger partial charge is 0.238 e. The van der Waals surface area contributed by atoms with Crippen LogP contribution in [-0.2, 0) is 22.9 Å². The highest BCUT2D eigenvalue weighted by atomic mass is 32.2. The summed E-state index contributed by atoms with van der Waals surface area (Å²) in [5, 5.41) is 8.59. The largest absolute Gasteiger partial charge is 0.309 e. The van der Waals surface area contributed by atoms with Gasteiger partial charge in [-0.05, 0) is 66.3 Å². The number of sulfonamides is 1. The third-order valence-electron chi connectivity index (χ3n) is 4.58. The fourth-order valence-electron chi connectivity index (χ4n) is 3.34. The van der Waals surface area contributed by atoms with Crippen LogP contribution in [0.5, 0.6) is 0 Å². The maximum absolute atomic E-state index is 13.5. The van der Waals surface area contributed by atoms with E-state index >= 15 is 0 Å². The van der Waals surface area contributed by atoms with E-state index in [1.54, 1.807) is 18.2 Å². The lowest BCUT2D eigenvalue weighted by Gasteiger charge is -2.19. The summed E-state index contributed by atoms with van der Waals surface area (Å²) in [5.41, 5.74) is 3.28. The van der Waals surface area contributed by atoms with E-state index in [-0.39, 0.29) is 16.8 Å². The van der Waals surface area contributed by atoms with Crippen LogP contribution in [-0.4, -0.2) is 15.0 Å². The summed E-state index contributed by atoms with van der Waals surface area (Å²) in [6.45, 7) is 2.90. The molecule has 1 aliphatic rings. The molecule has 0 aromatic heterocycles. The lowest BCUT2D eigenvalue weighted by atomic mass is 10.0. The van der Waals surface area contributed by atoms with Gasteiger partial charge in [-0.15, -0.1) is 0 Å². The Hall–Kier alpha value is -1.76. The topological polar surface area (TPSA) is 72.2 Å². The van der Waals surface area contributed by atoms with Crippen molar-refractivity contribution in [2.24, 2.45) is 11.1 Å². The molecule has 0 unspecified atom stereocenters. The van der Waals surface area contributed by atoms with Crippen molar-refractivity contribution in [2.45, 2.75) is 30.7 Å². The second-order valence-electron chi connectivity index (χ2n) is 6.40. The van der Waals surface area contributed by atoms with E-state index in [1.165, 1.54) is 23.8 Å². The molecular weight excluding hydrogens is 327 g/mol. The third-order valence-corrected chi connectivity index (χ3v) is 5.51. The molecule has 2 aromatic rings. The van der Waals surface area contributed by atoms with E-state index in [9.17, 15) is 12.8 Å². The van der Waals surface area contributed by atoms with Gasteiger partial charge in [0.05, 0.1) is 4.90 Å². The molecule has 128 valence electrons. The maximum Gasteiger partial charge on any atom is 0.238 e. The van der Waals surface area contributed by atoms with Crippen LogP contribution in [0.4, 0.5) is 4.39 Å². The zero-order valence-electron chi connectivity index (χ0n) is 13.5. The van der Waals surface area contributed by atoms with Crippen molar-refractivity contribution in [3.8, 4) is 0 Å². The minimum Gasteiger partial charge on any atom is -0.309 e. The summed E-state index contributed by atoms with van der Waals surface area (Å²) >= 11 is 0. The molecule has 0 amide bonds. The number of nitrogens with one attached hydrogen (secondary N) is 1. The number of hydrogen-bond acceptors (Lipinski definition) is 3. The monoisotopic (exact) mass is 348 g/mol. The normalized spacial score (nSPS) is 20.1. The molecular formula is C18H21FN2O2S. The molecule has 2 aromatic carbocycles. The molecule has 2 atom stereocenters. The molecule has 0 fully saturated rings. The molecule has 4 nitrogen and oxygen atoms in total. The van der Waals surface area contributed by atoms with Crippen LogP contribution >= 0.6 is 0 Å². The Labute approximate surface area is 141 Å². The lowest BCUT2D eigenvalue weighted by Crippen LogP contribution is -2.26. The van der Waals surface area contributed by atoms with E-state index in [0.29, 0.717) is 5.92 Å². The molecule has 0 bridgehead atoms. The predicted octanol–water partition coefficient (Wildman–Crippen LogP) is 2.54. The zero-order chi connectivity index (χ0) is 17.3. The Morgan fingerprint density at radius 2 is 1.92 bits per heavy atom. The van der Waals surface area contributed by atoms with Crippen LogP contribution in [0.2, 0.25) is 0 Å². The quantitative estimate of drug-likeness (QED) is 0.872. The number of fused-ring (bicyclic) bond motifs is 1. The molecule has 0 aliphatic heterocycles. The highest BCUT2D eigenvalue weighted by molar-refractivity contribution is 7.89. The van der Waals surface area contributed by atoms with Crippen molar-refractivity contribution in [3.63, 3.8) is 0 Å². The Morgan fingerprint density at radius 1 is 1.21 bits per heavy atom. The highest BCUT2D eigenvalue weighted by Crippen LogP contribution is 2.36. The minimum atomic E-state index is -3.65. The van der Waals surface area contributed by atoms with Crippen LogP contribution in [0.25, 0.3) is 0 Å². The first kappa shape index (κ1) is 17.1. The van der Waals surface area contributed by atoms with Crippen molar-refractivity contribution >= 4 is 10.0 Å². The Balaban J connectivity index is 1.62. The Bertz CT molecular complexity index is 835. The van der Waals surface area contributed by atoms with Crippen LogP contribution in [0, 0.1) is 11.7 Å². The third kappa shape index (κ3) is 3.66. The molecule has 0 radical (unpaired) electrons. The van der Waals surface area contributed by atoms with Crippen molar-refractivity contribution in [2.75, 3.05) is 6.54 Å². The number of nitrogens with two attached hydrogens (primary N) is 1. The summed E-state index contributed by atoms with van der Waals surface area (Å²) < 4.78 is 36.0. The standard InChI is InChI=1S/C18H21FN2O2S/c1-12-10-14-4-5-15(19)11-17(14)18(12)21-9-8-13-2-6-16(7-3-13)24(20,22)23/h2-7,11-12,18,21H,8-10H2,1H3,(H2,20,22,23)/t12-,18-/m0/s1. The summed E-state index contributed by atoms with van der Waals surface area (Å²) in [5.74, 6) is 0.222. The number of benzene rings is 2. The van der Waals surface area contributed by atoms with Gasteiger partial charge < -0.3 is 5.32 Å². The molecule has 0 saturated carbocycles. The second-order valence-corrected chi connectivity index (χ2v) is 7.96. The molecule has 0 spiro atoms. The number of halogens is 1. The molecule has 24 heavy (non-hydrogen) atoms. The van der Waals surface area contributed by atoms with Gasteiger partial charge in [0.15, 0.2) is 0 Å². The van der Waals surface area contributed by atoms with Gasteiger partial charge in [0, 0.05) is 6.04 Å². The van der Waals surface area contributed by atoms with E-state index in [4.69, 9.17) is 5.14 Å². The molecule has 3 N–H and O–H groups in total. The maximum atomic E-state index is 13.5. The fourth-order valence-corrected chi connectivity index (χ4v) is 3.86. The van der Waals surface area contributed by atoms with E-state index in [2.05, 4.69) is 12.2 Å². The second kappa shape index (κ2) is 6.63. The first-order valence-corrected chi connectivity index (χ1v) is 9.52. The number of hydrogen-bond donors (Lipinski definition) is 2. The van der Waals surface area contributed by atoms with Crippen LogP contribution in [0.1, 0.15) is 29.7 Å². The van der Waals surface area contributed by atoms with Crippen molar-refractivity contribution in [1.82, 2.24) is 5.32 Å². The molecule has 0 heterocycles. The average Bonchev–Trinajstić information content (AvgIpc) is 2.82. The minimum absolute atomic E-state index is 0.119. The molecule has 1 aliphatic carbocycles. The highest BCUT2D eigenvalue weighted by Gasteiger charge is 2.29. The van der Waals surface area contributed by atoms with Gasteiger partial charge in [-0.2, -0.15) is 0 Å². The number of primary sulfonamides is 1. The van der Waals surface area contributed by atoms with E-state index in [0.717, 1.165) is 30.5 Å². The van der Waals surface area contributed by atoms with Crippen molar-refractivity contribution < 1.29 is 12.8 Å². The van der Waals surface area contributed by atoms with Crippen molar-refractivity contribution in [1.29, 1.82) is 0 Å². The van der Waals surface area contributed by atoms with Gasteiger partial charge >= 0.3 is 0 Å². The van der Waals surface area contributed by atoms with Gasteiger partial charge in [0.25, 0.3) is 0 Å².